The van der Waals surface area contributed by atoms with Gasteiger partial charge >= 0.3 is 0 Å². The van der Waals surface area contributed by atoms with Crippen LogP contribution in [-0.2, 0) is 0 Å². The van der Waals surface area contributed by atoms with E-state index in [1.54, 1.807) is 7.11 Å². The summed E-state index contributed by atoms with van der Waals surface area (Å²) in [5.74, 6) is 2.65. The number of rotatable bonds is 3. The SMILES string of the molecule is COc1ccccc1-c1cnc(C2CC2)[nH]1. The van der Waals surface area contributed by atoms with Gasteiger partial charge in [0.25, 0.3) is 0 Å². The lowest BCUT2D eigenvalue weighted by molar-refractivity contribution is 0.416. The van der Waals surface area contributed by atoms with Crippen LogP contribution in [0.15, 0.2) is 30.5 Å². The maximum atomic E-state index is 5.34. The molecule has 1 aliphatic carbocycles. The van der Waals surface area contributed by atoms with Gasteiger partial charge in [-0.25, -0.2) is 4.98 Å². The second kappa shape index (κ2) is 3.67. The van der Waals surface area contributed by atoms with E-state index in [-0.39, 0.29) is 0 Å². The first-order valence-electron chi connectivity index (χ1n) is 5.57. The van der Waals surface area contributed by atoms with Crippen molar-refractivity contribution < 1.29 is 4.74 Å². The Morgan fingerprint density at radius 3 is 2.88 bits per heavy atom. The van der Waals surface area contributed by atoms with Gasteiger partial charge in [0.2, 0.25) is 0 Å². The van der Waals surface area contributed by atoms with Crippen molar-refractivity contribution >= 4 is 0 Å². The van der Waals surface area contributed by atoms with E-state index >= 15 is 0 Å². The van der Waals surface area contributed by atoms with Crippen molar-refractivity contribution in [2.24, 2.45) is 0 Å². The summed E-state index contributed by atoms with van der Waals surface area (Å²) in [7, 11) is 1.69. The van der Waals surface area contributed by atoms with Crippen molar-refractivity contribution in [2.75, 3.05) is 7.11 Å². The topological polar surface area (TPSA) is 37.9 Å². The predicted octanol–water partition coefficient (Wildman–Crippen LogP) is 2.96. The van der Waals surface area contributed by atoms with Crippen molar-refractivity contribution in [2.45, 2.75) is 18.8 Å². The van der Waals surface area contributed by atoms with E-state index in [2.05, 4.69) is 9.97 Å². The number of aromatic amines is 1. The molecule has 1 heterocycles. The normalized spacial score (nSPS) is 15.1. The molecular weight excluding hydrogens is 200 g/mol. The Bertz CT molecular complexity index is 500. The molecule has 1 N–H and O–H groups in total. The zero-order valence-corrected chi connectivity index (χ0v) is 9.23. The first-order valence-corrected chi connectivity index (χ1v) is 5.57. The lowest BCUT2D eigenvalue weighted by Gasteiger charge is -2.05. The van der Waals surface area contributed by atoms with Crippen LogP contribution < -0.4 is 4.74 Å². The Balaban J connectivity index is 2.00. The highest BCUT2D eigenvalue weighted by Crippen LogP contribution is 2.39. The number of hydrogen-bond acceptors (Lipinski definition) is 2. The van der Waals surface area contributed by atoms with Gasteiger partial charge in [-0.2, -0.15) is 0 Å². The van der Waals surface area contributed by atoms with Gasteiger partial charge in [-0.1, -0.05) is 12.1 Å². The second-order valence-corrected chi connectivity index (χ2v) is 4.16. The number of benzene rings is 1. The van der Waals surface area contributed by atoms with Crippen LogP contribution in [0.4, 0.5) is 0 Å². The fourth-order valence-electron chi connectivity index (χ4n) is 1.90. The second-order valence-electron chi connectivity index (χ2n) is 4.16. The minimum Gasteiger partial charge on any atom is -0.496 e. The number of ether oxygens (including phenoxy) is 1. The van der Waals surface area contributed by atoms with E-state index < -0.39 is 0 Å². The molecule has 2 aromatic rings. The third kappa shape index (κ3) is 1.58. The van der Waals surface area contributed by atoms with Gasteiger partial charge in [0.05, 0.1) is 19.0 Å². The number of nitrogens with zero attached hydrogens (tertiary/aromatic N) is 1. The molecule has 0 bridgehead atoms. The molecule has 1 aliphatic rings. The Labute approximate surface area is 94.5 Å². The average Bonchev–Trinajstić information content (AvgIpc) is 3.07. The van der Waals surface area contributed by atoms with Crippen molar-refractivity contribution in [1.82, 2.24) is 9.97 Å². The number of methoxy groups -OCH3 is 1. The molecule has 0 unspecified atom stereocenters. The molecule has 16 heavy (non-hydrogen) atoms. The minimum atomic E-state index is 0.656. The molecule has 3 nitrogen and oxygen atoms in total. The largest absolute Gasteiger partial charge is 0.496 e. The van der Waals surface area contributed by atoms with Crippen LogP contribution >= 0.6 is 0 Å². The molecule has 0 spiro atoms. The first-order chi connectivity index (χ1) is 7.88. The van der Waals surface area contributed by atoms with E-state index in [9.17, 15) is 0 Å². The zero-order chi connectivity index (χ0) is 11.0. The van der Waals surface area contributed by atoms with E-state index in [1.165, 1.54) is 12.8 Å². The molecule has 82 valence electrons. The fraction of sp³-hybridized carbons (Fsp3) is 0.308. The van der Waals surface area contributed by atoms with Crippen molar-refractivity contribution in [3.63, 3.8) is 0 Å². The Hall–Kier alpha value is -1.77. The van der Waals surface area contributed by atoms with Crippen LogP contribution in [-0.4, -0.2) is 17.1 Å². The molecule has 0 atom stereocenters. The van der Waals surface area contributed by atoms with Crippen LogP contribution in [0.5, 0.6) is 5.75 Å². The average molecular weight is 214 g/mol. The summed E-state index contributed by atoms with van der Waals surface area (Å²) in [5, 5.41) is 0. The van der Waals surface area contributed by atoms with Gasteiger partial charge in [0.1, 0.15) is 11.6 Å². The van der Waals surface area contributed by atoms with Crippen molar-refractivity contribution in [3.05, 3.63) is 36.3 Å². The fourth-order valence-corrected chi connectivity index (χ4v) is 1.90. The van der Waals surface area contributed by atoms with Gasteiger partial charge < -0.3 is 9.72 Å². The number of para-hydroxylation sites is 1. The summed E-state index contributed by atoms with van der Waals surface area (Å²) < 4.78 is 5.34. The predicted molar refractivity (Wildman–Crippen MR) is 62.6 cm³/mol. The summed E-state index contributed by atoms with van der Waals surface area (Å²) in [6, 6.07) is 7.99. The van der Waals surface area contributed by atoms with Gasteiger partial charge in [-0.05, 0) is 25.0 Å². The van der Waals surface area contributed by atoms with Crippen LogP contribution in [0, 0.1) is 0 Å². The molecule has 0 saturated heterocycles. The third-order valence-corrected chi connectivity index (χ3v) is 2.96. The molecule has 3 heteroatoms. The number of imidazole rings is 1. The highest BCUT2D eigenvalue weighted by molar-refractivity contribution is 5.66. The Morgan fingerprint density at radius 1 is 1.31 bits per heavy atom. The van der Waals surface area contributed by atoms with Crippen LogP contribution in [0.3, 0.4) is 0 Å². The Kier molecular flexibility index (Phi) is 2.17. The highest BCUT2D eigenvalue weighted by Gasteiger charge is 2.26. The van der Waals surface area contributed by atoms with E-state index in [0.717, 1.165) is 22.8 Å². The number of hydrogen-bond donors (Lipinski definition) is 1. The molecule has 0 amide bonds. The van der Waals surface area contributed by atoms with Crippen LogP contribution in [0.1, 0.15) is 24.6 Å². The summed E-state index contributed by atoms with van der Waals surface area (Å²) in [6.07, 6.45) is 4.42. The van der Waals surface area contributed by atoms with E-state index in [0.29, 0.717) is 5.92 Å². The first kappa shape index (κ1) is 9.46. The van der Waals surface area contributed by atoms with Gasteiger partial charge in [0, 0.05) is 11.5 Å². The number of nitrogens with one attached hydrogen (secondary N) is 1. The highest BCUT2D eigenvalue weighted by atomic mass is 16.5. The van der Waals surface area contributed by atoms with Gasteiger partial charge in [-0.15, -0.1) is 0 Å². The third-order valence-electron chi connectivity index (χ3n) is 2.96. The molecular formula is C13H14N2O. The molecule has 3 rings (SSSR count). The molecule has 1 aromatic heterocycles. The standard InChI is InChI=1S/C13H14N2O/c1-16-12-5-3-2-4-10(12)11-8-14-13(15-11)9-6-7-9/h2-5,8-9H,6-7H2,1H3,(H,14,15). The summed E-state index contributed by atoms with van der Waals surface area (Å²) in [4.78, 5) is 7.79. The number of aromatic nitrogens is 2. The van der Waals surface area contributed by atoms with Gasteiger partial charge in [0.15, 0.2) is 0 Å². The van der Waals surface area contributed by atoms with Crippen LogP contribution in [0.2, 0.25) is 0 Å². The molecule has 0 aliphatic heterocycles. The lowest BCUT2D eigenvalue weighted by atomic mass is 10.1. The zero-order valence-electron chi connectivity index (χ0n) is 9.23. The van der Waals surface area contributed by atoms with Crippen LogP contribution in [0.25, 0.3) is 11.3 Å². The maximum Gasteiger partial charge on any atom is 0.128 e. The number of H-pyrrole nitrogens is 1. The molecule has 1 aromatic carbocycles. The Morgan fingerprint density at radius 2 is 2.12 bits per heavy atom. The molecule has 1 saturated carbocycles. The van der Waals surface area contributed by atoms with Gasteiger partial charge in [-0.3, -0.25) is 0 Å². The van der Waals surface area contributed by atoms with E-state index in [4.69, 9.17) is 4.74 Å². The summed E-state index contributed by atoms with van der Waals surface area (Å²) >= 11 is 0. The van der Waals surface area contributed by atoms with Crippen molar-refractivity contribution in [3.8, 4) is 17.0 Å². The maximum absolute atomic E-state index is 5.34. The lowest BCUT2D eigenvalue weighted by Crippen LogP contribution is -1.87. The van der Waals surface area contributed by atoms with Crippen molar-refractivity contribution in [1.29, 1.82) is 0 Å². The molecule has 1 fully saturated rings. The van der Waals surface area contributed by atoms with E-state index in [1.807, 2.05) is 30.5 Å². The monoisotopic (exact) mass is 214 g/mol. The smallest absolute Gasteiger partial charge is 0.128 e. The summed E-state index contributed by atoms with van der Waals surface area (Å²) in [5.41, 5.74) is 2.11. The summed E-state index contributed by atoms with van der Waals surface area (Å²) in [6.45, 7) is 0. The molecule has 0 radical (unpaired) electrons. The quantitative estimate of drug-likeness (QED) is 0.853. The minimum absolute atomic E-state index is 0.656.